The monoisotopic (exact) mass is 326 g/mol. The minimum Gasteiger partial charge on any atom is -0.315 e. The van der Waals surface area contributed by atoms with Gasteiger partial charge in [0.1, 0.15) is 30.0 Å². The van der Waals surface area contributed by atoms with Crippen molar-refractivity contribution in [2.75, 3.05) is 5.32 Å². The molecule has 0 unspecified atom stereocenters. The molecule has 0 saturated carbocycles. The van der Waals surface area contributed by atoms with Crippen LogP contribution in [-0.2, 0) is 24.2 Å². The van der Waals surface area contributed by atoms with Gasteiger partial charge in [0.15, 0.2) is 0 Å². The Morgan fingerprint density at radius 1 is 1.52 bits per heavy atom. The van der Waals surface area contributed by atoms with E-state index in [1.165, 1.54) is 27.2 Å². The van der Waals surface area contributed by atoms with Crippen molar-refractivity contribution in [2.45, 2.75) is 32.7 Å². The van der Waals surface area contributed by atoms with Crippen molar-refractivity contribution in [3.63, 3.8) is 0 Å². The molecule has 1 aliphatic carbocycles. The van der Waals surface area contributed by atoms with Crippen molar-refractivity contribution in [2.24, 2.45) is 5.92 Å². The number of nitriles is 2. The fourth-order valence-corrected chi connectivity index (χ4v) is 4.07. The van der Waals surface area contributed by atoms with Crippen LogP contribution in [0.25, 0.3) is 0 Å². The van der Waals surface area contributed by atoms with Crippen LogP contribution in [-0.4, -0.2) is 20.7 Å². The summed E-state index contributed by atoms with van der Waals surface area (Å²) in [5, 5.41) is 25.3. The number of hydrogen-bond donors (Lipinski definition) is 1. The largest absolute Gasteiger partial charge is 0.315 e. The van der Waals surface area contributed by atoms with Gasteiger partial charge < -0.3 is 5.32 Å². The molecule has 116 valence electrons. The van der Waals surface area contributed by atoms with Crippen LogP contribution in [0.5, 0.6) is 0 Å². The predicted octanol–water partition coefficient (Wildman–Crippen LogP) is 1.85. The van der Waals surface area contributed by atoms with Crippen LogP contribution in [0.4, 0.5) is 5.00 Å². The number of nitrogens with one attached hydrogen (secondary N) is 1. The van der Waals surface area contributed by atoms with E-state index in [0.29, 0.717) is 16.5 Å². The summed E-state index contributed by atoms with van der Waals surface area (Å²) in [7, 11) is 0. The second kappa shape index (κ2) is 6.19. The molecular weight excluding hydrogens is 312 g/mol. The Morgan fingerprint density at radius 3 is 3.04 bits per heavy atom. The van der Waals surface area contributed by atoms with Gasteiger partial charge in [-0.2, -0.15) is 10.5 Å². The second-order valence-corrected chi connectivity index (χ2v) is 6.70. The molecule has 1 N–H and O–H groups in total. The average Bonchev–Trinajstić information content (AvgIpc) is 3.10. The van der Waals surface area contributed by atoms with Crippen molar-refractivity contribution in [1.82, 2.24) is 14.8 Å². The molecule has 1 atom stereocenters. The molecule has 0 aromatic carbocycles. The van der Waals surface area contributed by atoms with Gasteiger partial charge in [-0.1, -0.05) is 6.92 Å². The van der Waals surface area contributed by atoms with Crippen LogP contribution < -0.4 is 5.32 Å². The minimum atomic E-state index is -0.289. The average molecular weight is 326 g/mol. The SMILES string of the molecule is C[C@@H]1CCc2c(sc(NC(=O)Cn3cnc(C#N)n3)c2C#N)C1. The van der Waals surface area contributed by atoms with Crippen molar-refractivity contribution in [3.05, 3.63) is 28.2 Å². The van der Waals surface area contributed by atoms with E-state index in [9.17, 15) is 10.1 Å². The van der Waals surface area contributed by atoms with Crippen LogP contribution in [0.3, 0.4) is 0 Å². The van der Waals surface area contributed by atoms with Crippen molar-refractivity contribution in [1.29, 1.82) is 10.5 Å². The van der Waals surface area contributed by atoms with E-state index < -0.39 is 0 Å². The first-order valence-corrected chi connectivity index (χ1v) is 8.06. The third kappa shape index (κ3) is 3.08. The van der Waals surface area contributed by atoms with Gasteiger partial charge in [-0.25, -0.2) is 9.67 Å². The van der Waals surface area contributed by atoms with E-state index in [1.54, 1.807) is 0 Å². The Labute approximate surface area is 137 Å². The van der Waals surface area contributed by atoms with Gasteiger partial charge in [0.25, 0.3) is 5.82 Å². The zero-order chi connectivity index (χ0) is 16.4. The maximum absolute atomic E-state index is 12.1. The number of rotatable bonds is 3. The number of anilines is 1. The predicted molar refractivity (Wildman–Crippen MR) is 83.6 cm³/mol. The van der Waals surface area contributed by atoms with Gasteiger partial charge in [0, 0.05) is 4.88 Å². The lowest BCUT2D eigenvalue weighted by molar-refractivity contribution is -0.116. The molecule has 2 aromatic rings. The normalized spacial score (nSPS) is 16.2. The molecule has 0 radical (unpaired) electrons. The Kier molecular flexibility index (Phi) is 4.09. The molecule has 2 aromatic heterocycles. The highest BCUT2D eigenvalue weighted by atomic mass is 32.1. The first kappa shape index (κ1) is 15.2. The van der Waals surface area contributed by atoms with E-state index >= 15 is 0 Å². The number of thiophene rings is 1. The Hall–Kier alpha value is -2.71. The molecule has 0 bridgehead atoms. The highest BCUT2D eigenvalue weighted by Gasteiger charge is 2.24. The van der Waals surface area contributed by atoms with Crippen LogP contribution in [0.1, 0.15) is 35.2 Å². The summed E-state index contributed by atoms with van der Waals surface area (Å²) >= 11 is 1.49. The molecular formula is C15H14N6OS. The molecule has 1 amide bonds. The third-order valence-corrected chi connectivity index (χ3v) is 4.99. The number of nitrogens with zero attached hydrogens (tertiary/aromatic N) is 5. The summed E-state index contributed by atoms with van der Waals surface area (Å²) in [6.45, 7) is 2.16. The number of amides is 1. The van der Waals surface area contributed by atoms with Crippen LogP contribution >= 0.6 is 11.3 Å². The second-order valence-electron chi connectivity index (χ2n) is 5.59. The van der Waals surface area contributed by atoms with Gasteiger partial charge in [0.2, 0.25) is 5.91 Å². The summed E-state index contributed by atoms with van der Waals surface area (Å²) in [5.41, 5.74) is 1.67. The van der Waals surface area contributed by atoms with Gasteiger partial charge >= 0.3 is 0 Å². The zero-order valence-corrected chi connectivity index (χ0v) is 13.4. The number of carbonyl (C=O) groups excluding carboxylic acids is 1. The fraction of sp³-hybridized carbons (Fsp3) is 0.400. The molecule has 3 rings (SSSR count). The summed E-state index contributed by atoms with van der Waals surface area (Å²) in [4.78, 5) is 17.1. The van der Waals surface area contributed by atoms with E-state index in [4.69, 9.17) is 5.26 Å². The first-order valence-electron chi connectivity index (χ1n) is 7.24. The maximum atomic E-state index is 12.1. The zero-order valence-electron chi connectivity index (χ0n) is 12.5. The van der Waals surface area contributed by atoms with Crippen molar-refractivity contribution in [3.8, 4) is 12.1 Å². The molecule has 23 heavy (non-hydrogen) atoms. The van der Waals surface area contributed by atoms with Gasteiger partial charge in [-0.3, -0.25) is 4.79 Å². The molecule has 7 nitrogen and oxygen atoms in total. The van der Waals surface area contributed by atoms with Crippen LogP contribution in [0, 0.1) is 28.6 Å². The number of carbonyl (C=O) groups is 1. The van der Waals surface area contributed by atoms with E-state index in [1.807, 2.05) is 6.07 Å². The first-order chi connectivity index (χ1) is 11.1. The number of hydrogen-bond acceptors (Lipinski definition) is 6. The Balaban J connectivity index is 1.76. The topological polar surface area (TPSA) is 107 Å². The van der Waals surface area contributed by atoms with Crippen LogP contribution in [0.15, 0.2) is 6.33 Å². The molecule has 0 aliphatic heterocycles. The summed E-state index contributed by atoms with van der Waals surface area (Å²) in [6.07, 6.45) is 4.26. The molecule has 0 saturated heterocycles. The summed E-state index contributed by atoms with van der Waals surface area (Å²) in [6, 6.07) is 4.03. The van der Waals surface area contributed by atoms with Gasteiger partial charge in [-0.05, 0) is 30.7 Å². The number of fused-ring (bicyclic) bond motifs is 1. The van der Waals surface area contributed by atoms with Crippen molar-refractivity contribution < 1.29 is 4.79 Å². The van der Waals surface area contributed by atoms with Gasteiger partial charge in [0.05, 0.1) is 5.56 Å². The highest BCUT2D eigenvalue weighted by molar-refractivity contribution is 7.16. The van der Waals surface area contributed by atoms with E-state index in [0.717, 1.165) is 24.8 Å². The third-order valence-electron chi connectivity index (χ3n) is 3.82. The fourth-order valence-electron chi connectivity index (χ4n) is 2.69. The Morgan fingerprint density at radius 2 is 2.35 bits per heavy atom. The smallest absolute Gasteiger partial charge is 0.252 e. The summed E-state index contributed by atoms with van der Waals surface area (Å²) in [5.74, 6) is 0.342. The molecule has 8 heteroatoms. The van der Waals surface area contributed by atoms with Crippen LogP contribution in [0.2, 0.25) is 0 Å². The quantitative estimate of drug-likeness (QED) is 0.926. The van der Waals surface area contributed by atoms with Gasteiger partial charge in [-0.15, -0.1) is 16.4 Å². The summed E-state index contributed by atoms with van der Waals surface area (Å²) < 4.78 is 1.30. The molecule has 2 heterocycles. The minimum absolute atomic E-state index is 0.0242. The van der Waals surface area contributed by atoms with E-state index in [2.05, 4.69) is 28.4 Å². The lowest BCUT2D eigenvalue weighted by Crippen LogP contribution is -2.19. The lowest BCUT2D eigenvalue weighted by Gasteiger charge is -2.17. The molecule has 0 spiro atoms. The van der Waals surface area contributed by atoms with Crippen molar-refractivity contribution >= 4 is 22.2 Å². The standard InChI is InChI=1S/C15H14N6OS/c1-9-2-3-10-11(5-16)15(23-12(10)4-9)19-14(22)7-21-8-18-13(6-17)20-21/h8-9H,2-4,7H2,1H3,(H,19,22)/t9-/m1/s1. The number of aromatic nitrogens is 3. The highest BCUT2D eigenvalue weighted by Crippen LogP contribution is 2.39. The maximum Gasteiger partial charge on any atom is 0.252 e. The lowest BCUT2D eigenvalue weighted by atomic mass is 9.89. The molecule has 0 fully saturated rings. The van der Waals surface area contributed by atoms with E-state index in [-0.39, 0.29) is 18.3 Å². The molecule has 1 aliphatic rings. The Bertz CT molecular complexity index is 837.